The fraction of sp³-hybridized carbons (Fsp3) is 0.447. The molecule has 0 aromatic heterocycles. The second kappa shape index (κ2) is 29.0. The van der Waals surface area contributed by atoms with E-state index in [-0.39, 0.29) is 17.7 Å². The maximum absolute atomic E-state index is 13.2. The number of ether oxygens (including phenoxy) is 5. The lowest BCUT2D eigenvalue weighted by Crippen LogP contribution is -2.29. The third-order valence-corrected chi connectivity index (χ3v) is 9.42. The summed E-state index contributed by atoms with van der Waals surface area (Å²) >= 11 is 0. The van der Waals surface area contributed by atoms with Crippen molar-refractivity contribution in [1.82, 2.24) is 0 Å². The number of hydrogen-bond acceptors (Lipinski definition) is 14. The van der Waals surface area contributed by atoms with Gasteiger partial charge in [0, 0.05) is 29.3 Å². The van der Waals surface area contributed by atoms with E-state index in [2.05, 4.69) is 39.2 Å². The second-order valence-electron chi connectivity index (χ2n) is 14.3. The van der Waals surface area contributed by atoms with Gasteiger partial charge in [-0.1, -0.05) is 89.8 Å². The topological polar surface area (TPSA) is 176 Å². The Morgan fingerprint density at radius 3 is 1.65 bits per heavy atom. The number of hydrogen-bond donors (Lipinski definition) is 0. The van der Waals surface area contributed by atoms with Crippen molar-refractivity contribution in [2.24, 2.45) is 20.5 Å². The van der Waals surface area contributed by atoms with Crippen molar-refractivity contribution in [3.8, 4) is 17.2 Å². The molecule has 0 amide bonds. The van der Waals surface area contributed by atoms with Crippen LogP contribution < -0.4 is 19.1 Å². The van der Waals surface area contributed by atoms with Crippen LogP contribution in [0.2, 0.25) is 0 Å². The molecule has 0 saturated heterocycles. The summed E-state index contributed by atoms with van der Waals surface area (Å²) in [5.74, 6) is 0.299. The molecule has 0 aliphatic heterocycles. The minimum absolute atomic E-state index is 0.139. The van der Waals surface area contributed by atoms with E-state index in [1.165, 1.54) is 64.5 Å². The van der Waals surface area contributed by atoms with Gasteiger partial charge in [0.25, 0.3) is 0 Å². The van der Waals surface area contributed by atoms with Crippen LogP contribution in [0.3, 0.4) is 0 Å². The highest BCUT2D eigenvalue weighted by molar-refractivity contribution is 5.96. The van der Waals surface area contributed by atoms with E-state index in [0.717, 1.165) is 38.5 Å². The van der Waals surface area contributed by atoms with Gasteiger partial charge in [-0.15, -0.1) is 10.2 Å². The van der Waals surface area contributed by atoms with Gasteiger partial charge in [0.05, 0.1) is 57.0 Å². The third-order valence-electron chi connectivity index (χ3n) is 9.42. The standard InChI is InChI=1S/C46H59N5O7.CH3NO2/c1-6-8-9-10-11-12-13-14-15-19-28-57-40-31-35(45(52)56-5)30-36(32-40)46(53)58-29-27-51(26-7-2)39-24-22-38(23-25-39)48-50-42-34-43(54-3)41(33-44(42)55-4)49-47-37-20-17-16-18-21-37;1-2(3)4/h16-18,20-25,30-34H,6-15,19,26-29H2,1-5H3;1H3. The lowest BCUT2D eigenvalue weighted by Gasteiger charge is -2.24. The quantitative estimate of drug-likeness (QED) is 0.0194. The van der Waals surface area contributed by atoms with Gasteiger partial charge >= 0.3 is 11.9 Å². The van der Waals surface area contributed by atoms with E-state index in [1.807, 2.05) is 54.6 Å². The number of carbonyl (C=O) groups is 2. The normalized spacial score (nSPS) is 10.9. The fourth-order valence-corrected chi connectivity index (χ4v) is 6.26. The van der Waals surface area contributed by atoms with Gasteiger partial charge in [-0.3, -0.25) is 10.1 Å². The van der Waals surface area contributed by atoms with Crippen LogP contribution in [-0.2, 0) is 9.47 Å². The molecular formula is C47H62N6O9. The van der Waals surface area contributed by atoms with Gasteiger partial charge in [-0.2, -0.15) is 10.2 Å². The van der Waals surface area contributed by atoms with Gasteiger partial charge < -0.3 is 28.6 Å². The van der Waals surface area contributed by atoms with Gasteiger partial charge in [0.2, 0.25) is 0 Å². The number of nitrogens with zero attached hydrogens (tertiary/aromatic N) is 6. The first-order valence-electron chi connectivity index (χ1n) is 21.2. The van der Waals surface area contributed by atoms with Gasteiger partial charge in [0.1, 0.15) is 35.2 Å². The van der Waals surface area contributed by atoms with Crippen LogP contribution in [-0.4, -0.2) is 71.5 Å². The maximum Gasteiger partial charge on any atom is 0.338 e. The summed E-state index contributed by atoms with van der Waals surface area (Å²) in [7, 11) is 5.31. The lowest BCUT2D eigenvalue weighted by atomic mass is 10.1. The Balaban J connectivity index is 0.00000245. The van der Waals surface area contributed by atoms with E-state index in [0.29, 0.717) is 53.1 Å². The molecule has 4 aromatic rings. The predicted octanol–water partition coefficient (Wildman–Crippen LogP) is 12.6. The molecule has 0 spiro atoms. The molecule has 0 atom stereocenters. The highest BCUT2D eigenvalue weighted by atomic mass is 16.6. The molecule has 62 heavy (non-hydrogen) atoms. The molecule has 15 nitrogen and oxygen atoms in total. The van der Waals surface area contributed by atoms with Crippen LogP contribution in [0.15, 0.2) is 105 Å². The molecule has 0 heterocycles. The van der Waals surface area contributed by atoms with E-state index < -0.39 is 16.9 Å². The van der Waals surface area contributed by atoms with Crippen LogP contribution in [0.1, 0.15) is 105 Å². The predicted molar refractivity (Wildman–Crippen MR) is 242 cm³/mol. The summed E-state index contributed by atoms with van der Waals surface area (Å²) in [5, 5.41) is 26.3. The Morgan fingerprint density at radius 2 is 1.13 bits per heavy atom. The molecule has 0 aliphatic carbocycles. The first-order chi connectivity index (χ1) is 30.1. The Labute approximate surface area is 365 Å². The molecule has 0 radical (unpaired) electrons. The average molecular weight is 855 g/mol. The lowest BCUT2D eigenvalue weighted by molar-refractivity contribution is -0.445. The zero-order valence-electron chi connectivity index (χ0n) is 37.0. The summed E-state index contributed by atoms with van der Waals surface area (Å²) in [6, 6.07) is 25.2. The molecule has 0 N–H and O–H groups in total. The summed E-state index contributed by atoms with van der Waals surface area (Å²) in [6.45, 7) is 6.18. The van der Waals surface area contributed by atoms with Crippen molar-refractivity contribution in [1.29, 1.82) is 0 Å². The summed E-state index contributed by atoms with van der Waals surface area (Å²) in [5.41, 5.74) is 3.73. The Kier molecular flexibility index (Phi) is 23.4. The van der Waals surface area contributed by atoms with E-state index in [9.17, 15) is 9.59 Å². The first-order valence-corrected chi connectivity index (χ1v) is 21.2. The molecule has 0 aliphatic rings. The number of esters is 2. The number of unbranched alkanes of at least 4 members (excludes halogenated alkanes) is 9. The van der Waals surface area contributed by atoms with Crippen molar-refractivity contribution in [3.05, 3.63) is 106 Å². The molecule has 0 unspecified atom stereocenters. The van der Waals surface area contributed by atoms with Gasteiger partial charge in [-0.05, 0) is 67.4 Å². The minimum Gasteiger partial charge on any atom is -0.494 e. The highest BCUT2D eigenvalue weighted by Gasteiger charge is 2.17. The van der Waals surface area contributed by atoms with Crippen molar-refractivity contribution < 1.29 is 38.2 Å². The van der Waals surface area contributed by atoms with Gasteiger partial charge in [-0.25, -0.2) is 9.59 Å². The Bertz CT molecular complexity index is 2010. The minimum atomic E-state index is -0.547. The second-order valence-corrected chi connectivity index (χ2v) is 14.3. The van der Waals surface area contributed by atoms with Crippen LogP contribution in [0.5, 0.6) is 17.2 Å². The number of azo groups is 2. The molecule has 0 bridgehead atoms. The third kappa shape index (κ3) is 18.5. The molecular weight excluding hydrogens is 793 g/mol. The monoisotopic (exact) mass is 854 g/mol. The van der Waals surface area contributed by atoms with Crippen LogP contribution in [0.25, 0.3) is 0 Å². The zero-order chi connectivity index (χ0) is 45.0. The van der Waals surface area contributed by atoms with Gasteiger partial charge in [0.15, 0.2) is 7.05 Å². The number of methoxy groups -OCH3 is 3. The molecule has 4 rings (SSSR count). The van der Waals surface area contributed by atoms with Crippen molar-refractivity contribution in [2.75, 3.05) is 59.6 Å². The summed E-state index contributed by atoms with van der Waals surface area (Å²) in [4.78, 5) is 36.1. The maximum atomic E-state index is 13.2. The first kappa shape index (κ1) is 50.0. The van der Waals surface area contributed by atoms with E-state index in [4.69, 9.17) is 33.8 Å². The number of benzene rings is 4. The zero-order valence-corrected chi connectivity index (χ0v) is 37.0. The molecule has 334 valence electrons. The van der Waals surface area contributed by atoms with Crippen LogP contribution in [0, 0.1) is 10.1 Å². The van der Waals surface area contributed by atoms with Crippen molar-refractivity contribution in [2.45, 2.75) is 84.5 Å². The summed E-state index contributed by atoms with van der Waals surface area (Å²) in [6.07, 6.45) is 13.1. The van der Waals surface area contributed by atoms with Crippen LogP contribution in [0.4, 0.5) is 28.4 Å². The van der Waals surface area contributed by atoms with Crippen molar-refractivity contribution >= 4 is 40.4 Å². The Hall–Kier alpha value is -6.38. The number of carbonyl (C=O) groups excluding carboxylic acids is 2. The molecule has 0 saturated carbocycles. The number of rotatable bonds is 26. The fourth-order valence-electron chi connectivity index (χ4n) is 6.26. The van der Waals surface area contributed by atoms with E-state index >= 15 is 0 Å². The van der Waals surface area contributed by atoms with Crippen LogP contribution >= 0.6 is 0 Å². The van der Waals surface area contributed by atoms with Crippen molar-refractivity contribution in [3.63, 3.8) is 0 Å². The summed E-state index contributed by atoms with van der Waals surface area (Å²) < 4.78 is 27.7. The average Bonchev–Trinajstić information content (AvgIpc) is 3.28. The smallest absolute Gasteiger partial charge is 0.338 e. The molecule has 0 fully saturated rings. The largest absolute Gasteiger partial charge is 0.494 e. The van der Waals surface area contributed by atoms with E-state index in [1.54, 1.807) is 38.5 Å². The molecule has 4 aromatic carbocycles. The number of nitro groups is 1. The SMILES string of the molecule is CCCCCCCCCCCCOc1cc(C(=O)OC)cc(C(=O)OCCN(CCC)c2ccc(N=Nc3cc(OC)c(N=Nc4ccccc4)cc3OC)cc2)c1.C[N+](=O)[O-]. The molecule has 15 heteroatoms. The number of anilines is 1. The Morgan fingerprint density at radius 1 is 0.613 bits per heavy atom. The highest BCUT2D eigenvalue weighted by Crippen LogP contribution is 2.41.